The molecule has 2 atom stereocenters. The van der Waals surface area contributed by atoms with Gasteiger partial charge in [-0.2, -0.15) is 0 Å². The molecular weight excluding hydrogens is 258 g/mol. The maximum absolute atomic E-state index is 10.4. The fourth-order valence-electron chi connectivity index (χ4n) is 2.82. The van der Waals surface area contributed by atoms with Gasteiger partial charge in [0.2, 0.25) is 0 Å². The summed E-state index contributed by atoms with van der Waals surface area (Å²) in [6.45, 7) is 0. The molecule has 1 aromatic carbocycles. The van der Waals surface area contributed by atoms with Crippen LogP contribution in [0.1, 0.15) is 29.2 Å². The zero-order valence-electron chi connectivity index (χ0n) is 10.6. The summed E-state index contributed by atoms with van der Waals surface area (Å²) in [6, 6.07) is 11.7. The third-order valence-electron chi connectivity index (χ3n) is 3.82. The Kier molecular flexibility index (Phi) is 3.54. The molecular formula is C16H16ClNO. The highest BCUT2D eigenvalue weighted by atomic mass is 35.5. The van der Waals surface area contributed by atoms with Gasteiger partial charge in [-0.05, 0) is 48.6 Å². The number of aliphatic hydroxyl groups excluding tert-OH is 1. The van der Waals surface area contributed by atoms with Crippen molar-refractivity contribution in [2.45, 2.75) is 31.3 Å². The van der Waals surface area contributed by atoms with Crippen molar-refractivity contribution < 1.29 is 5.11 Å². The van der Waals surface area contributed by atoms with E-state index in [1.807, 2.05) is 36.5 Å². The molecule has 0 bridgehead atoms. The second-order valence-corrected chi connectivity index (χ2v) is 5.53. The van der Waals surface area contributed by atoms with Crippen molar-refractivity contribution in [2.75, 3.05) is 0 Å². The smallest absolute Gasteiger partial charge is 0.0664 e. The Morgan fingerprint density at radius 2 is 2.05 bits per heavy atom. The zero-order chi connectivity index (χ0) is 13.2. The molecule has 0 aliphatic heterocycles. The molecule has 1 aliphatic rings. The van der Waals surface area contributed by atoms with E-state index in [1.165, 1.54) is 5.56 Å². The maximum atomic E-state index is 10.4. The molecule has 0 amide bonds. The van der Waals surface area contributed by atoms with Gasteiger partial charge >= 0.3 is 0 Å². The van der Waals surface area contributed by atoms with E-state index >= 15 is 0 Å². The van der Waals surface area contributed by atoms with E-state index in [2.05, 4.69) is 11.1 Å². The first kappa shape index (κ1) is 12.6. The molecule has 1 N–H and O–H groups in total. The Hall–Kier alpha value is -1.38. The molecule has 19 heavy (non-hydrogen) atoms. The number of fused-ring (bicyclic) bond motifs is 1. The van der Waals surface area contributed by atoms with Crippen LogP contribution >= 0.6 is 11.6 Å². The number of nitrogens with zero attached hydrogens (tertiary/aromatic N) is 1. The highest BCUT2D eigenvalue weighted by Crippen LogP contribution is 2.34. The van der Waals surface area contributed by atoms with Gasteiger partial charge in [-0.15, -0.1) is 0 Å². The molecule has 98 valence electrons. The summed E-state index contributed by atoms with van der Waals surface area (Å²) in [5.74, 6) is 0.159. The molecule has 2 unspecified atom stereocenters. The van der Waals surface area contributed by atoms with Gasteiger partial charge < -0.3 is 5.11 Å². The van der Waals surface area contributed by atoms with Crippen molar-refractivity contribution >= 4 is 11.6 Å². The van der Waals surface area contributed by atoms with Gasteiger partial charge in [-0.3, -0.25) is 4.98 Å². The number of rotatable bonds is 3. The summed E-state index contributed by atoms with van der Waals surface area (Å²) in [6.07, 6.45) is 4.09. The topological polar surface area (TPSA) is 33.1 Å². The third kappa shape index (κ3) is 2.65. The molecule has 0 spiro atoms. The molecule has 1 aromatic heterocycles. The first-order valence-electron chi connectivity index (χ1n) is 6.60. The molecule has 1 heterocycles. The quantitative estimate of drug-likeness (QED) is 0.930. The van der Waals surface area contributed by atoms with Gasteiger partial charge in [-0.25, -0.2) is 0 Å². The lowest BCUT2D eigenvalue weighted by Crippen LogP contribution is -2.20. The number of halogens is 1. The molecule has 0 radical (unpaired) electrons. The van der Waals surface area contributed by atoms with Gasteiger partial charge in [0.25, 0.3) is 0 Å². The predicted octanol–water partition coefficient (Wildman–Crippen LogP) is 3.37. The molecule has 3 heteroatoms. The summed E-state index contributed by atoms with van der Waals surface area (Å²) in [4.78, 5) is 4.44. The number of aryl methyl sites for hydroxylation is 1. The summed E-state index contributed by atoms with van der Waals surface area (Å²) in [5, 5.41) is 11.2. The van der Waals surface area contributed by atoms with Crippen LogP contribution in [0.25, 0.3) is 0 Å². The van der Waals surface area contributed by atoms with E-state index < -0.39 is 0 Å². The summed E-state index contributed by atoms with van der Waals surface area (Å²) in [7, 11) is 0. The largest absolute Gasteiger partial charge is 0.392 e. The number of pyridine rings is 1. The second-order valence-electron chi connectivity index (χ2n) is 5.09. The normalized spacial score (nSPS) is 19.2. The van der Waals surface area contributed by atoms with Crippen LogP contribution in [0.15, 0.2) is 42.6 Å². The Labute approximate surface area is 118 Å². The van der Waals surface area contributed by atoms with Gasteiger partial charge in [0, 0.05) is 22.8 Å². The Bertz CT molecular complexity index is 567. The molecule has 2 aromatic rings. The van der Waals surface area contributed by atoms with Crippen molar-refractivity contribution in [3.8, 4) is 0 Å². The van der Waals surface area contributed by atoms with Gasteiger partial charge in [0.1, 0.15) is 0 Å². The average Bonchev–Trinajstić information content (AvgIpc) is 2.85. The lowest BCUT2D eigenvalue weighted by molar-refractivity contribution is 0.141. The van der Waals surface area contributed by atoms with E-state index in [1.54, 1.807) is 0 Å². The number of aliphatic hydroxyl groups is 1. The Morgan fingerprint density at radius 3 is 2.84 bits per heavy atom. The van der Waals surface area contributed by atoms with Crippen LogP contribution in [0.2, 0.25) is 5.02 Å². The predicted molar refractivity (Wildman–Crippen MR) is 76.5 cm³/mol. The van der Waals surface area contributed by atoms with Crippen molar-refractivity contribution in [1.82, 2.24) is 4.98 Å². The molecule has 1 aliphatic carbocycles. The summed E-state index contributed by atoms with van der Waals surface area (Å²) in [5.41, 5.74) is 3.47. The standard InChI is InChI=1S/C16H16ClNO/c17-13-6-3-11(4-7-13)10-15(19)14-8-5-12-2-1-9-18-16(12)14/h1-4,6-7,9,14-15,19H,5,8,10H2. The summed E-state index contributed by atoms with van der Waals surface area (Å²) < 4.78 is 0. The minimum absolute atomic E-state index is 0.159. The number of aromatic nitrogens is 1. The van der Waals surface area contributed by atoms with Crippen LogP contribution in [0.3, 0.4) is 0 Å². The van der Waals surface area contributed by atoms with Gasteiger partial charge in [0.15, 0.2) is 0 Å². The Balaban J connectivity index is 1.75. The van der Waals surface area contributed by atoms with E-state index in [0.29, 0.717) is 6.42 Å². The van der Waals surface area contributed by atoms with E-state index in [4.69, 9.17) is 11.6 Å². The molecule has 2 nitrogen and oxygen atoms in total. The third-order valence-corrected chi connectivity index (χ3v) is 4.08. The fraction of sp³-hybridized carbons (Fsp3) is 0.312. The van der Waals surface area contributed by atoms with E-state index in [0.717, 1.165) is 29.1 Å². The van der Waals surface area contributed by atoms with Crippen molar-refractivity contribution in [2.24, 2.45) is 0 Å². The first-order chi connectivity index (χ1) is 9.24. The average molecular weight is 274 g/mol. The Morgan fingerprint density at radius 1 is 1.26 bits per heavy atom. The van der Waals surface area contributed by atoms with Crippen molar-refractivity contribution in [1.29, 1.82) is 0 Å². The van der Waals surface area contributed by atoms with E-state index in [9.17, 15) is 5.11 Å². The highest BCUT2D eigenvalue weighted by molar-refractivity contribution is 6.30. The van der Waals surface area contributed by atoms with Crippen LogP contribution in [-0.2, 0) is 12.8 Å². The van der Waals surface area contributed by atoms with Crippen molar-refractivity contribution in [3.63, 3.8) is 0 Å². The van der Waals surface area contributed by atoms with E-state index in [-0.39, 0.29) is 12.0 Å². The zero-order valence-corrected chi connectivity index (χ0v) is 11.3. The van der Waals surface area contributed by atoms with Crippen LogP contribution in [0.5, 0.6) is 0 Å². The van der Waals surface area contributed by atoms with Crippen LogP contribution < -0.4 is 0 Å². The van der Waals surface area contributed by atoms with Crippen LogP contribution in [0, 0.1) is 0 Å². The second kappa shape index (κ2) is 5.32. The van der Waals surface area contributed by atoms with Crippen LogP contribution in [-0.4, -0.2) is 16.2 Å². The fourth-order valence-corrected chi connectivity index (χ4v) is 2.95. The summed E-state index contributed by atoms with van der Waals surface area (Å²) >= 11 is 5.87. The van der Waals surface area contributed by atoms with Gasteiger partial charge in [-0.1, -0.05) is 29.8 Å². The SMILES string of the molecule is OC(Cc1ccc(Cl)cc1)C1CCc2cccnc21. The molecule has 3 rings (SSSR count). The monoisotopic (exact) mass is 273 g/mol. The first-order valence-corrected chi connectivity index (χ1v) is 6.98. The molecule has 0 saturated heterocycles. The molecule has 0 saturated carbocycles. The molecule has 0 fully saturated rings. The van der Waals surface area contributed by atoms with Gasteiger partial charge in [0.05, 0.1) is 6.10 Å². The minimum atomic E-state index is -0.377. The minimum Gasteiger partial charge on any atom is -0.392 e. The number of hydrogen-bond donors (Lipinski definition) is 1. The van der Waals surface area contributed by atoms with Crippen molar-refractivity contribution in [3.05, 3.63) is 64.4 Å². The lowest BCUT2D eigenvalue weighted by atomic mass is 9.94. The highest BCUT2D eigenvalue weighted by Gasteiger charge is 2.29. The lowest BCUT2D eigenvalue weighted by Gasteiger charge is -2.18. The maximum Gasteiger partial charge on any atom is 0.0664 e. The number of hydrogen-bond acceptors (Lipinski definition) is 2. The number of benzene rings is 1. The van der Waals surface area contributed by atoms with Crippen LogP contribution in [0.4, 0.5) is 0 Å².